The van der Waals surface area contributed by atoms with E-state index in [1.54, 1.807) is 0 Å². The number of aryl methyl sites for hydroxylation is 1. The van der Waals surface area contributed by atoms with Crippen LogP contribution in [0.5, 0.6) is 0 Å². The summed E-state index contributed by atoms with van der Waals surface area (Å²) in [4.78, 5) is 3.14. The second kappa shape index (κ2) is 3.27. The molecule has 1 aromatic heterocycles. The van der Waals surface area contributed by atoms with Gasteiger partial charge in [-0.05, 0) is 36.2 Å². The summed E-state index contributed by atoms with van der Waals surface area (Å²) in [5.74, 6) is 0. The lowest BCUT2D eigenvalue weighted by atomic mass is 10.1. The van der Waals surface area contributed by atoms with Crippen LogP contribution < -0.4 is 0 Å². The fourth-order valence-corrected chi connectivity index (χ4v) is 1.45. The van der Waals surface area contributed by atoms with Crippen LogP contribution in [0.15, 0.2) is 36.5 Å². The van der Waals surface area contributed by atoms with Crippen LogP contribution in [0.3, 0.4) is 0 Å². The Morgan fingerprint density at radius 3 is 2.69 bits per heavy atom. The maximum absolute atomic E-state index is 6.02. The molecular formula is C11H10ClN. The molecule has 1 heterocycles. The van der Waals surface area contributed by atoms with Gasteiger partial charge in [0.15, 0.2) is 0 Å². The smallest absolute Gasteiger partial charge is 0.0454 e. The molecule has 1 aromatic carbocycles. The molecule has 0 aliphatic rings. The first-order valence-corrected chi connectivity index (χ1v) is 4.55. The topological polar surface area (TPSA) is 15.8 Å². The predicted octanol–water partition coefficient (Wildman–Crippen LogP) is 3.64. The van der Waals surface area contributed by atoms with Crippen LogP contribution >= 0.6 is 11.6 Å². The summed E-state index contributed by atoms with van der Waals surface area (Å²) < 4.78 is 0. The molecule has 0 spiro atoms. The molecular weight excluding hydrogens is 182 g/mol. The van der Waals surface area contributed by atoms with Crippen molar-refractivity contribution in [2.24, 2.45) is 0 Å². The molecule has 1 N–H and O–H groups in total. The highest BCUT2D eigenvalue weighted by atomic mass is 35.5. The van der Waals surface area contributed by atoms with Crippen molar-refractivity contribution in [3.8, 4) is 11.3 Å². The van der Waals surface area contributed by atoms with E-state index < -0.39 is 0 Å². The van der Waals surface area contributed by atoms with Gasteiger partial charge in [0.05, 0.1) is 0 Å². The van der Waals surface area contributed by atoms with E-state index in [1.165, 1.54) is 0 Å². The van der Waals surface area contributed by atoms with E-state index in [0.29, 0.717) is 0 Å². The molecule has 1 nitrogen and oxygen atoms in total. The number of hydrogen-bond donors (Lipinski definition) is 1. The predicted molar refractivity (Wildman–Crippen MR) is 56.0 cm³/mol. The Hall–Kier alpha value is -1.21. The van der Waals surface area contributed by atoms with Crippen LogP contribution in [0.25, 0.3) is 11.3 Å². The molecule has 0 saturated heterocycles. The van der Waals surface area contributed by atoms with Crippen molar-refractivity contribution in [1.29, 1.82) is 0 Å². The first-order chi connectivity index (χ1) is 6.27. The first-order valence-electron chi connectivity index (χ1n) is 4.17. The van der Waals surface area contributed by atoms with Gasteiger partial charge in [-0.2, -0.15) is 0 Å². The Labute approximate surface area is 82.4 Å². The summed E-state index contributed by atoms with van der Waals surface area (Å²) in [6.45, 7) is 2.00. The van der Waals surface area contributed by atoms with Crippen molar-refractivity contribution in [3.05, 3.63) is 47.1 Å². The Morgan fingerprint density at radius 2 is 2.08 bits per heavy atom. The third kappa shape index (κ3) is 1.61. The summed E-state index contributed by atoms with van der Waals surface area (Å²) in [5, 5.41) is 0.812. The van der Waals surface area contributed by atoms with Crippen molar-refractivity contribution < 1.29 is 0 Å². The summed E-state index contributed by atoms with van der Waals surface area (Å²) >= 11 is 6.02. The Morgan fingerprint density at radius 1 is 1.23 bits per heavy atom. The van der Waals surface area contributed by atoms with E-state index in [2.05, 4.69) is 11.1 Å². The molecule has 66 valence electrons. The van der Waals surface area contributed by atoms with Crippen LogP contribution in [0.1, 0.15) is 5.56 Å². The maximum Gasteiger partial charge on any atom is 0.0454 e. The minimum Gasteiger partial charge on any atom is -0.361 e. The zero-order valence-corrected chi connectivity index (χ0v) is 8.10. The molecule has 0 unspecified atom stereocenters. The van der Waals surface area contributed by atoms with E-state index >= 15 is 0 Å². The van der Waals surface area contributed by atoms with Gasteiger partial charge >= 0.3 is 0 Å². The number of benzene rings is 1. The highest BCUT2D eigenvalue weighted by molar-refractivity contribution is 6.31. The van der Waals surface area contributed by atoms with Crippen LogP contribution in [0, 0.1) is 6.92 Å². The fraction of sp³-hybridized carbons (Fsp3) is 0.0909. The van der Waals surface area contributed by atoms with E-state index in [-0.39, 0.29) is 0 Å². The molecule has 13 heavy (non-hydrogen) atoms. The molecule has 0 radical (unpaired) electrons. The molecule has 2 rings (SSSR count). The average Bonchev–Trinajstić information content (AvgIpc) is 2.62. The number of rotatable bonds is 1. The van der Waals surface area contributed by atoms with Crippen LogP contribution in [0.4, 0.5) is 0 Å². The zero-order valence-electron chi connectivity index (χ0n) is 7.34. The summed E-state index contributed by atoms with van der Waals surface area (Å²) in [6, 6.07) is 10.1. The fourth-order valence-electron chi connectivity index (χ4n) is 1.27. The average molecular weight is 192 g/mol. The number of hydrogen-bond acceptors (Lipinski definition) is 0. The van der Waals surface area contributed by atoms with Crippen LogP contribution in [0.2, 0.25) is 5.02 Å². The van der Waals surface area contributed by atoms with Crippen molar-refractivity contribution in [2.45, 2.75) is 6.92 Å². The third-order valence-corrected chi connectivity index (χ3v) is 2.49. The van der Waals surface area contributed by atoms with Gasteiger partial charge in [0, 0.05) is 16.9 Å². The quantitative estimate of drug-likeness (QED) is 0.709. The SMILES string of the molecule is Cc1ccc(-c2ccc[nH]2)cc1Cl. The molecule has 0 atom stereocenters. The van der Waals surface area contributed by atoms with Gasteiger partial charge in [-0.3, -0.25) is 0 Å². The van der Waals surface area contributed by atoms with Crippen molar-refractivity contribution >= 4 is 11.6 Å². The van der Waals surface area contributed by atoms with Gasteiger partial charge in [-0.25, -0.2) is 0 Å². The molecule has 0 bridgehead atoms. The van der Waals surface area contributed by atoms with Gasteiger partial charge in [-0.1, -0.05) is 23.7 Å². The number of nitrogens with one attached hydrogen (secondary N) is 1. The molecule has 0 aliphatic carbocycles. The van der Waals surface area contributed by atoms with Crippen molar-refractivity contribution in [2.75, 3.05) is 0 Å². The van der Waals surface area contributed by atoms with Crippen molar-refractivity contribution in [1.82, 2.24) is 4.98 Å². The summed E-state index contributed by atoms with van der Waals surface area (Å²) in [7, 11) is 0. The Bertz CT molecular complexity index is 404. The minimum atomic E-state index is 0.812. The number of H-pyrrole nitrogens is 1. The number of halogens is 1. The Kier molecular flexibility index (Phi) is 2.11. The first kappa shape index (κ1) is 8.39. The van der Waals surface area contributed by atoms with Crippen LogP contribution in [-0.4, -0.2) is 4.98 Å². The number of aromatic nitrogens is 1. The minimum absolute atomic E-state index is 0.812. The molecule has 0 saturated carbocycles. The standard InChI is InChI=1S/C11H10ClN/c1-8-4-5-9(7-10(8)12)11-3-2-6-13-11/h2-7,13H,1H3. The third-order valence-electron chi connectivity index (χ3n) is 2.08. The second-order valence-electron chi connectivity index (χ2n) is 3.05. The second-order valence-corrected chi connectivity index (χ2v) is 3.45. The molecule has 2 aromatic rings. The largest absolute Gasteiger partial charge is 0.361 e. The van der Waals surface area contributed by atoms with E-state index in [1.807, 2.05) is 37.4 Å². The molecule has 0 amide bonds. The molecule has 2 heteroatoms. The lowest BCUT2D eigenvalue weighted by molar-refractivity contribution is 1.39. The Balaban J connectivity index is 2.49. The summed E-state index contributed by atoms with van der Waals surface area (Å²) in [6.07, 6.45) is 1.91. The normalized spacial score (nSPS) is 10.3. The lowest BCUT2D eigenvalue weighted by Gasteiger charge is -2.01. The monoisotopic (exact) mass is 191 g/mol. The zero-order chi connectivity index (χ0) is 9.26. The van der Waals surface area contributed by atoms with Gasteiger partial charge in [0.1, 0.15) is 0 Å². The van der Waals surface area contributed by atoms with E-state index in [4.69, 9.17) is 11.6 Å². The van der Waals surface area contributed by atoms with Gasteiger partial charge in [0.2, 0.25) is 0 Å². The van der Waals surface area contributed by atoms with Gasteiger partial charge in [0.25, 0.3) is 0 Å². The van der Waals surface area contributed by atoms with Crippen molar-refractivity contribution in [3.63, 3.8) is 0 Å². The lowest BCUT2D eigenvalue weighted by Crippen LogP contribution is -1.79. The number of aromatic amines is 1. The van der Waals surface area contributed by atoms with Crippen LogP contribution in [-0.2, 0) is 0 Å². The maximum atomic E-state index is 6.02. The molecule has 0 aliphatic heterocycles. The van der Waals surface area contributed by atoms with Gasteiger partial charge in [-0.15, -0.1) is 0 Å². The van der Waals surface area contributed by atoms with Gasteiger partial charge < -0.3 is 4.98 Å². The summed E-state index contributed by atoms with van der Waals surface area (Å²) in [5.41, 5.74) is 3.33. The van der Waals surface area contributed by atoms with E-state index in [9.17, 15) is 0 Å². The highest BCUT2D eigenvalue weighted by Gasteiger charge is 2.00. The van der Waals surface area contributed by atoms with E-state index in [0.717, 1.165) is 21.8 Å². The highest BCUT2D eigenvalue weighted by Crippen LogP contribution is 2.23. The molecule has 0 fully saturated rings.